The van der Waals surface area contributed by atoms with Crippen LogP contribution >= 0.6 is 0 Å². The number of benzene rings is 2. The van der Waals surface area contributed by atoms with Crippen molar-refractivity contribution < 1.29 is 23.7 Å². The summed E-state index contributed by atoms with van der Waals surface area (Å²) in [7, 11) is 8.09. The maximum Gasteiger partial charge on any atom is 0.227 e. The first kappa shape index (κ1) is 19.4. The van der Waals surface area contributed by atoms with Crippen molar-refractivity contribution in [1.82, 2.24) is 4.90 Å². The fraction of sp³-hybridized carbons (Fsp3) is 0.350. The number of nitrogens with zero attached hydrogens (tertiary/aromatic N) is 1. The quantitative estimate of drug-likeness (QED) is 0.725. The van der Waals surface area contributed by atoms with Crippen molar-refractivity contribution in [3.63, 3.8) is 0 Å². The van der Waals surface area contributed by atoms with Crippen LogP contribution in [0.25, 0.3) is 0 Å². The Morgan fingerprint density at radius 2 is 1.42 bits per heavy atom. The minimum Gasteiger partial charge on any atom is -0.497 e. The van der Waals surface area contributed by atoms with Crippen LogP contribution in [0.15, 0.2) is 36.4 Å². The molecule has 0 heterocycles. The molecule has 26 heavy (non-hydrogen) atoms. The zero-order chi connectivity index (χ0) is 19.1. The van der Waals surface area contributed by atoms with Crippen molar-refractivity contribution in [2.45, 2.75) is 13.0 Å². The second-order valence-corrected chi connectivity index (χ2v) is 5.81. The first-order chi connectivity index (χ1) is 12.5. The van der Waals surface area contributed by atoms with E-state index in [1.165, 1.54) is 0 Å². The molecule has 0 radical (unpaired) electrons. The van der Waals surface area contributed by atoms with Gasteiger partial charge in [0, 0.05) is 13.6 Å². The van der Waals surface area contributed by atoms with Gasteiger partial charge in [0.25, 0.3) is 0 Å². The number of methoxy groups -OCH3 is 4. The fourth-order valence-corrected chi connectivity index (χ4v) is 2.64. The molecule has 0 saturated heterocycles. The molecule has 0 aliphatic carbocycles. The number of carbonyl (C=O) groups is 1. The van der Waals surface area contributed by atoms with E-state index < -0.39 is 0 Å². The highest BCUT2D eigenvalue weighted by Gasteiger charge is 2.16. The van der Waals surface area contributed by atoms with E-state index in [0.29, 0.717) is 30.2 Å². The van der Waals surface area contributed by atoms with Crippen LogP contribution in [0.3, 0.4) is 0 Å². The van der Waals surface area contributed by atoms with Gasteiger partial charge < -0.3 is 23.8 Å². The van der Waals surface area contributed by atoms with Crippen LogP contribution in [0.5, 0.6) is 23.0 Å². The Kier molecular flexibility index (Phi) is 6.72. The fourth-order valence-electron chi connectivity index (χ4n) is 2.64. The number of hydrogen-bond acceptors (Lipinski definition) is 5. The predicted octanol–water partition coefficient (Wildman–Crippen LogP) is 2.92. The Bertz CT molecular complexity index is 717. The van der Waals surface area contributed by atoms with E-state index in [-0.39, 0.29) is 5.91 Å². The molecule has 140 valence electrons. The lowest BCUT2D eigenvalue weighted by molar-refractivity contribution is -0.129. The van der Waals surface area contributed by atoms with Crippen LogP contribution in [0.1, 0.15) is 11.1 Å². The number of ether oxygens (including phenoxy) is 4. The minimum atomic E-state index is 0.0175. The highest BCUT2D eigenvalue weighted by atomic mass is 16.5. The van der Waals surface area contributed by atoms with Gasteiger partial charge in [-0.25, -0.2) is 0 Å². The second kappa shape index (κ2) is 8.99. The molecule has 2 aromatic carbocycles. The van der Waals surface area contributed by atoms with Gasteiger partial charge in [0.15, 0.2) is 11.5 Å². The lowest BCUT2D eigenvalue weighted by Gasteiger charge is -2.19. The maximum absolute atomic E-state index is 12.5. The normalized spacial score (nSPS) is 10.2. The number of likely N-dealkylation sites (N-methyl/N-ethyl adjacent to an activating group) is 1. The molecule has 0 unspecified atom stereocenters. The average Bonchev–Trinajstić information content (AvgIpc) is 2.67. The summed E-state index contributed by atoms with van der Waals surface area (Å²) in [5.74, 6) is 2.46. The Balaban J connectivity index is 2.10. The van der Waals surface area contributed by atoms with Crippen molar-refractivity contribution >= 4 is 5.91 Å². The van der Waals surface area contributed by atoms with E-state index in [1.54, 1.807) is 40.4 Å². The molecule has 2 aromatic rings. The Hall–Kier alpha value is -2.89. The van der Waals surface area contributed by atoms with Gasteiger partial charge in [0.1, 0.15) is 5.75 Å². The third-order valence-electron chi connectivity index (χ3n) is 4.08. The van der Waals surface area contributed by atoms with E-state index in [0.717, 1.165) is 16.9 Å². The molecule has 0 bridgehead atoms. The zero-order valence-corrected chi connectivity index (χ0v) is 15.9. The van der Waals surface area contributed by atoms with Gasteiger partial charge in [-0.15, -0.1) is 0 Å². The summed E-state index contributed by atoms with van der Waals surface area (Å²) in [5.41, 5.74) is 1.83. The Morgan fingerprint density at radius 3 is 1.88 bits per heavy atom. The highest BCUT2D eigenvalue weighted by molar-refractivity contribution is 5.78. The largest absolute Gasteiger partial charge is 0.497 e. The number of hydrogen-bond donors (Lipinski definition) is 0. The summed E-state index contributed by atoms with van der Waals surface area (Å²) in [6.07, 6.45) is 0.324. The third kappa shape index (κ3) is 4.59. The molecule has 0 atom stereocenters. The van der Waals surface area contributed by atoms with Crippen LogP contribution in [-0.2, 0) is 17.8 Å². The summed E-state index contributed by atoms with van der Waals surface area (Å²) in [6, 6.07) is 11.2. The predicted molar refractivity (Wildman–Crippen MR) is 99.3 cm³/mol. The summed E-state index contributed by atoms with van der Waals surface area (Å²) in [5, 5.41) is 0. The number of rotatable bonds is 8. The van der Waals surface area contributed by atoms with Crippen LogP contribution in [0.2, 0.25) is 0 Å². The molecule has 6 nitrogen and oxygen atoms in total. The second-order valence-electron chi connectivity index (χ2n) is 5.81. The van der Waals surface area contributed by atoms with E-state index >= 15 is 0 Å². The first-order valence-corrected chi connectivity index (χ1v) is 8.18. The molecule has 2 rings (SSSR count). The van der Waals surface area contributed by atoms with Gasteiger partial charge >= 0.3 is 0 Å². The molecule has 6 heteroatoms. The molecule has 1 amide bonds. The zero-order valence-electron chi connectivity index (χ0n) is 15.9. The van der Waals surface area contributed by atoms with Crippen LogP contribution < -0.4 is 18.9 Å². The summed E-state index contributed by atoms with van der Waals surface area (Å²) in [6.45, 7) is 0.436. The molecule has 0 saturated carbocycles. The average molecular weight is 359 g/mol. The van der Waals surface area contributed by atoms with Crippen molar-refractivity contribution in [3.05, 3.63) is 47.5 Å². The molecular formula is C20H25NO5. The molecule has 0 spiro atoms. The molecular weight excluding hydrogens is 334 g/mol. The summed E-state index contributed by atoms with van der Waals surface area (Å²) >= 11 is 0. The van der Waals surface area contributed by atoms with Crippen LogP contribution in [0, 0.1) is 0 Å². The van der Waals surface area contributed by atoms with Crippen molar-refractivity contribution in [3.8, 4) is 23.0 Å². The minimum absolute atomic E-state index is 0.0175. The Labute approximate surface area is 154 Å². The van der Waals surface area contributed by atoms with E-state index in [4.69, 9.17) is 18.9 Å². The number of amides is 1. The molecule has 0 N–H and O–H groups in total. The van der Waals surface area contributed by atoms with Gasteiger partial charge in [-0.2, -0.15) is 0 Å². The highest BCUT2D eigenvalue weighted by Crippen LogP contribution is 2.38. The van der Waals surface area contributed by atoms with E-state index in [1.807, 2.05) is 36.4 Å². The molecule has 0 fully saturated rings. The van der Waals surface area contributed by atoms with Gasteiger partial charge in [-0.3, -0.25) is 4.79 Å². The van der Waals surface area contributed by atoms with Crippen LogP contribution in [0.4, 0.5) is 0 Å². The SMILES string of the molecule is COc1ccc(CC(=O)N(C)Cc2cc(OC)c(OC)c(OC)c2)cc1. The maximum atomic E-state index is 12.5. The van der Waals surface area contributed by atoms with E-state index in [2.05, 4.69) is 0 Å². The molecule has 0 aliphatic heterocycles. The van der Waals surface area contributed by atoms with Crippen LogP contribution in [-0.4, -0.2) is 46.3 Å². The monoisotopic (exact) mass is 359 g/mol. The molecule has 0 aromatic heterocycles. The first-order valence-electron chi connectivity index (χ1n) is 8.18. The van der Waals surface area contributed by atoms with Gasteiger partial charge in [-0.1, -0.05) is 12.1 Å². The van der Waals surface area contributed by atoms with Gasteiger partial charge in [-0.05, 0) is 35.4 Å². The van der Waals surface area contributed by atoms with E-state index in [9.17, 15) is 4.79 Å². The standard InChI is InChI=1S/C20H25NO5/c1-21(19(22)12-14-6-8-16(23-2)9-7-14)13-15-10-17(24-3)20(26-5)18(11-15)25-4/h6-11H,12-13H2,1-5H3. The third-order valence-corrected chi connectivity index (χ3v) is 4.08. The lowest BCUT2D eigenvalue weighted by Crippen LogP contribution is -2.27. The topological polar surface area (TPSA) is 57.2 Å². The van der Waals surface area contributed by atoms with Gasteiger partial charge in [0.05, 0.1) is 34.9 Å². The lowest BCUT2D eigenvalue weighted by atomic mass is 10.1. The summed E-state index contributed by atoms with van der Waals surface area (Å²) < 4.78 is 21.2. The van der Waals surface area contributed by atoms with Crippen molar-refractivity contribution in [2.75, 3.05) is 35.5 Å². The van der Waals surface area contributed by atoms with Crippen molar-refractivity contribution in [1.29, 1.82) is 0 Å². The van der Waals surface area contributed by atoms with Crippen molar-refractivity contribution in [2.24, 2.45) is 0 Å². The Morgan fingerprint density at radius 1 is 0.846 bits per heavy atom. The van der Waals surface area contributed by atoms with Gasteiger partial charge in [0.2, 0.25) is 11.7 Å². The summed E-state index contributed by atoms with van der Waals surface area (Å²) in [4.78, 5) is 14.2. The molecule has 0 aliphatic rings. The number of carbonyl (C=O) groups excluding carboxylic acids is 1. The smallest absolute Gasteiger partial charge is 0.227 e.